The first-order valence-corrected chi connectivity index (χ1v) is 7.00. The predicted octanol–water partition coefficient (Wildman–Crippen LogP) is 0.546. The topological polar surface area (TPSA) is 96.5 Å². The van der Waals surface area contributed by atoms with E-state index in [0.29, 0.717) is 6.54 Å². The van der Waals surface area contributed by atoms with Crippen LogP contribution in [-0.4, -0.2) is 31.0 Å². The number of amides is 4. The zero-order chi connectivity index (χ0) is 16.1. The molecule has 7 nitrogen and oxygen atoms in total. The van der Waals surface area contributed by atoms with Gasteiger partial charge >= 0.3 is 6.03 Å². The molecule has 0 radical (unpaired) electrons. The highest BCUT2D eigenvalue weighted by molar-refractivity contribution is 6.00. The van der Waals surface area contributed by atoms with Crippen molar-refractivity contribution in [2.75, 3.05) is 7.11 Å². The second kappa shape index (κ2) is 6.93. The van der Waals surface area contributed by atoms with Gasteiger partial charge in [0.25, 0.3) is 0 Å². The molecule has 22 heavy (non-hydrogen) atoms. The van der Waals surface area contributed by atoms with Crippen LogP contribution in [0.15, 0.2) is 24.3 Å². The highest BCUT2D eigenvalue weighted by Crippen LogP contribution is 2.14. The molecule has 1 aliphatic rings. The zero-order valence-corrected chi connectivity index (χ0v) is 12.5. The van der Waals surface area contributed by atoms with Crippen molar-refractivity contribution in [1.82, 2.24) is 16.0 Å². The fourth-order valence-electron chi connectivity index (χ4n) is 2.30. The summed E-state index contributed by atoms with van der Waals surface area (Å²) in [6.07, 6.45) is 0.0250. The first-order valence-electron chi connectivity index (χ1n) is 7.00. The molecular formula is C15H19N3O4. The maximum atomic E-state index is 12.0. The van der Waals surface area contributed by atoms with Gasteiger partial charge < -0.3 is 15.4 Å². The number of urea groups is 1. The van der Waals surface area contributed by atoms with Crippen molar-refractivity contribution < 1.29 is 19.1 Å². The average molecular weight is 305 g/mol. The van der Waals surface area contributed by atoms with E-state index in [1.807, 2.05) is 24.3 Å². The van der Waals surface area contributed by atoms with Gasteiger partial charge in [-0.2, -0.15) is 0 Å². The van der Waals surface area contributed by atoms with Crippen LogP contribution in [0.25, 0.3) is 0 Å². The maximum Gasteiger partial charge on any atom is 0.321 e. The lowest BCUT2D eigenvalue weighted by molar-refractivity contribution is -0.131. The Labute approximate surface area is 128 Å². The second-order valence-electron chi connectivity index (χ2n) is 5.19. The normalized spacial score (nSPS) is 20.8. The van der Waals surface area contributed by atoms with Crippen molar-refractivity contribution in [1.29, 1.82) is 0 Å². The fourth-order valence-corrected chi connectivity index (χ4v) is 2.30. The van der Waals surface area contributed by atoms with E-state index < -0.39 is 17.9 Å². The molecule has 1 fully saturated rings. The van der Waals surface area contributed by atoms with Crippen LogP contribution in [0, 0.1) is 5.92 Å². The van der Waals surface area contributed by atoms with E-state index in [1.54, 1.807) is 14.0 Å². The lowest BCUT2D eigenvalue weighted by Crippen LogP contribution is -2.57. The number of methoxy groups -OCH3 is 1. The van der Waals surface area contributed by atoms with Gasteiger partial charge in [0.2, 0.25) is 11.8 Å². The molecule has 2 rings (SSSR count). The van der Waals surface area contributed by atoms with Crippen LogP contribution in [0.1, 0.15) is 18.9 Å². The van der Waals surface area contributed by atoms with E-state index in [2.05, 4.69) is 16.0 Å². The third-order valence-corrected chi connectivity index (χ3v) is 3.56. The van der Waals surface area contributed by atoms with Crippen LogP contribution in [0.2, 0.25) is 0 Å². The van der Waals surface area contributed by atoms with Gasteiger partial charge in [0.1, 0.15) is 5.75 Å². The first kappa shape index (κ1) is 15.8. The number of imide groups is 1. The monoisotopic (exact) mass is 305 g/mol. The number of ether oxygens (including phenoxy) is 1. The van der Waals surface area contributed by atoms with Crippen molar-refractivity contribution in [3.63, 3.8) is 0 Å². The van der Waals surface area contributed by atoms with Gasteiger partial charge in [-0.1, -0.05) is 12.1 Å². The van der Waals surface area contributed by atoms with Crippen LogP contribution >= 0.6 is 0 Å². The summed E-state index contributed by atoms with van der Waals surface area (Å²) in [6.45, 7) is 2.06. The quantitative estimate of drug-likeness (QED) is 0.740. The Bertz CT molecular complexity index is 588. The van der Waals surface area contributed by atoms with E-state index >= 15 is 0 Å². The van der Waals surface area contributed by atoms with E-state index in [1.165, 1.54) is 0 Å². The molecular weight excluding hydrogens is 286 g/mol. The number of carbonyl (C=O) groups excluding carboxylic acids is 3. The summed E-state index contributed by atoms with van der Waals surface area (Å²) in [5, 5.41) is 7.52. The van der Waals surface area contributed by atoms with Crippen molar-refractivity contribution in [2.24, 2.45) is 5.92 Å². The minimum Gasteiger partial charge on any atom is -0.497 e. The molecule has 1 aromatic carbocycles. The van der Waals surface area contributed by atoms with Gasteiger partial charge in [-0.3, -0.25) is 14.9 Å². The summed E-state index contributed by atoms with van der Waals surface area (Å²) in [4.78, 5) is 34.8. The molecule has 3 N–H and O–H groups in total. The molecule has 0 aromatic heterocycles. The highest BCUT2D eigenvalue weighted by Gasteiger charge is 2.33. The van der Waals surface area contributed by atoms with Gasteiger partial charge in [-0.15, -0.1) is 0 Å². The Balaban J connectivity index is 1.87. The molecule has 2 atom stereocenters. The molecule has 0 saturated carbocycles. The molecule has 118 valence electrons. The third-order valence-electron chi connectivity index (χ3n) is 3.56. The average Bonchev–Trinajstić information content (AvgIpc) is 2.49. The number of rotatable bonds is 5. The minimum atomic E-state index is -0.567. The summed E-state index contributed by atoms with van der Waals surface area (Å²) in [6, 6.07) is 6.47. The summed E-state index contributed by atoms with van der Waals surface area (Å²) in [7, 11) is 1.58. The fraction of sp³-hybridized carbons (Fsp3) is 0.400. The van der Waals surface area contributed by atoms with E-state index in [0.717, 1.165) is 11.3 Å². The van der Waals surface area contributed by atoms with Crippen LogP contribution in [0.5, 0.6) is 5.75 Å². The van der Waals surface area contributed by atoms with Crippen molar-refractivity contribution in [3.8, 4) is 5.75 Å². The van der Waals surface area contributed by atoms with Gasteiger partial charge in [0, 0.05) is 19.0 Å². The van der Waals surface area contributed by atoms with Gasteiger partial charge in [-0.05, 0) is 24.6 Å². The van der Waals surface area contributed by atoms with Crippen molar-refractivity contribution in [3.05, 3.63) is 29.8 Å². The Morgan fingerprint density at radius 1 is 1.36 bits per heavy atom. The molecule has 2 unspecified atom stereocenters. The van der Waals surface area contributed by atoms with Crippen LogP contribution < -0.4 is 20.7 Å². The Morgan fingerprint density at radius 2 is 2.14 bits per heavy atom. The molecule has 1 heterocycles. The number of hydrogen-bond acceptors (Lipinski definition) is 4. The molecule has 1 aliphatic heterocycles. The van der Waals surface area contributed by atoms with E-state index in [-0.39, 0.29) is 18.4 Å². The summed E-state index contributed by atoms with van der Waals surface area (Å²) in [5.41, 5.74) is 0.905. The lowest BCUT2D eigenvalue weighted by atomic mass is 9.94. The Hall–Kier alpha value is -2.57. The summed E-state index contributed by atoms with van der Waals surface area (Å²) >= 11 is 0. The van der Waals surface area contributed by atoms with Gasteiger partial charge in [0.05, 0.1) is 13.0 Å². The SMILES string of the molecule is COc1cccc(CNC(=O)CC2C(=O)NC(=O)NC2C)c1. The summed E-state index contributed by atoms with van der Waals surface area (Å²) in [5.74, 6) is -0.517. The van der Waals surface area contributed by atoms with E-state index in [9.17, 15) is 14.4 Å². The maximum absolute atomic E-state index is 12.0. The first-order chi connectivity index (χ1) is 10.5. The second-order valence-corrected chi connectivity index (χ2v) is 5.19. The molecule has 4 amide bonds. The summed E-state index contributed by atoms with van der Waals surface area (Å²) < 4.78 is 5.12. The van der Waals surface area contributed by atoms with Crippen LogP contribution in [-0.2, 0) is 16.1 Å². The Morgan fingerprint density at radius 3 is 2.82 bits per heavy atom. The zero-order valence-electron chi connectivity index (χ0n) is 12.5. The Kier molecular flexibility index (Phi) is 4.98. The molecule has 0 spiro atoms. The van der Waals surface area contributed by atoms with Crippen LogP contribution in [0.3, 0.4) is 0 Å². The van der Waals surface area contributed by atoms with Gasteiger partial charge in [-0.25, -0.2) is 4.79 Å². The minimum absolute atomic E-state index is 0.0250. The van der Waals surface area contributed by atoms with Crippen LogP contribution in [0.4, 0.5) is 4.79 Å². The third kappa shape index (κ3) is 3.97. The molecule has 0 aliphatic carbocycles. The van der Waals surface area contributed by atoms with Gasteiger partial charge in [0.15, 0.2) is 0 Å². The predicted molar refractivity (Wildman–Crippen MR) is 79.1 cm³/mol. The number of carbonyl (C=O) groups is 3. The molecule has 7 heteroatoms. The van der Waals surface area contributed by atoms with Crippen molar-refractivity contribution >= 4 is 17.8 Å². The smallest absolute Gasteiger partial charge is 0.321 e. The highest BCUT2D eigenvalue weighted by atomic mass is 16.5. The largest absolute Gasteiger partial charge is 0.497 e. The number of benzene rings is 1. The number of hydrogen-bond donors (Lipinski definition) is 3. The lowest BCUT2D eigenvalue weighted by Gasteiger charge is -2.28. The molecule has 0 bridgehead atoms. The molecule has 1 aromatic rings. The standard InChI is InChI=1S/C15H19N3O4/c1-9-12(14(20)18-15(21)17-9)7-13(19)16-8-10-4-3-5-11(6-10)22-2/h3-6,9,12H,7-8H2,1-2H3,(H,16,19)(H2,17,18,20,21). The van der Waals surface area contributed by atoms with Crippen molar-refractivity contribution in [2.45, 2.75) is 25.9 Å². The number of nitrogens with one attached hydrogen (secondary N) is 3. The van der Waals surface area contributed by atoms with E-state index in [4.69, 9.17) is 4.74 Å². The molecule has 1 saturated heterocycles.